The van der Waals surface area contributed by atoms with Crippen molar-refractivity contribution in [3.8, 4) is 5.75 Å². The first-order valence-corrected chi connectivity index (χ1v) is 8.55. The third-order valence-electron chi connectivity index (χ3n) is 4.63. The number of benzene rings is 2. The number of para-hydroxylation sites is 1. The number of aryl methyl sites for hydroxylation is 1. The fourth-order valence-corrected chi connectivity index (χ4v) is 3.33. The lowest BCUT2D eigenvalue weighted by molar-refractivity contribution is 0.102. The minimum atomic E-state index is -0.216. The lowest BCUT2D eigenvalue weighted by Crippen LogP contribution is -2.21. The summed E-state index contributed by atoms with van der Waals surface area (Å²) in [6.45, 7) is 2.64. The summed E-state index contributed by atoms with van der Waals surface area (Å²) in [5, 5.41) is 12.5. The molecule has 3 aromatic rings. The molecule has 2 heterocycles. The largest absolute Gasteiger partial charge is 0.508 e. The third-order valence-corrected chi connectivity index (χ3v) is 4.63. The highest BCUT2D eigenvalue weighted by Gasteiger charge is 2.25. The van der Waals surface area contributed by atoms with Gasteiger partial charge in [-0.3, -0.25) is 4.79 Å². The van der Waals surface area contributed by atoms with Gasteiger partial charge in [-0.15, -0.1) is 0 Å². The third kappa shape index (κ3) is 2.88. The zero-order valence-electron chi connectivity index (χ0n) is 14.4. The number of nitrogens with zero attached hydrogens (tertiary/aromatic N) is 2. The molecule has 0 fully saturated rings. The highest BCUT2D eigenvalue weighted by Crippen LogP contribution is 2.35. The lowest BCUT2D eigenvalue weighted by Gasteiger charge is -2.21. The number of rotatable bonds is 3. The van der Waals surface area contributed by atoms with Gasteiger partial charge in [0, 0.05) is 24.1 Å². The van der Waals surface area contributed by atoms with Crippen molar-refractivity contribution in [2.45, 2.75) is 13.3 Å². The van der Waals surface area contributed by atoms with Crippen molar-refractivity contribution < 1.29 is 9.90 Å². The number of hydrogen-bond donors (Lipinski definition) is 2. The van der Waals surface area contributed by atoms with Crippen LogP contribution in [0.3, 0.4) is 0 Å². The Morgan fingerprint density at radius 2 is 2.00 bits per heavy atom. The van der Waals surface area contributed by atoms with Gasteiger partial charge in [-0.1, -0.05) is 18.2 Å². The highest BCUT2D eigenvalue weighted by atomic mass is 16.3. The molecule has 130 valence electrons. The first kappa shape index (κ1) is 16.1. The van der Waals surface area contributed by atoms with Gasteiger partial charge in [0.05, 0.1) is 5.56 Å². The molecule has 4 rings (SSSR count). The molecule has 0 radical (unpaired) electrons. The van der Waals surface area contributed by atoms with Gasteiger partial charge >= 0.3 is 0 Å². The average molecular weight is 345 g/mol. The molecule has 5 nitrogen and oxygen atoms in total. The van der Waals surface area contributed by atoms with Crippen LogP contribution in [-0.2, 0) is 6.42 Å². The molecule has 0 saturated carbocycles. The molecule has 1 amide bonds. The quantitative estimate of drug-likeness (QED) is 0.703. The van der Waals surface area contributed by atoms with Crippen molar-refractivity contribution in [1.29, 1.82) is 0 Å². The average Bonchev–Trinajstić information content (AvgIpc) is 3.08. The van der Waals surface area contributed by atoms with Crippen molar-refractivity contribution in [3.05, 3.63) is 77.5 Å². The fourth-order valence-electron chi connectivity index (χ4n) is 3.33. The van der Waals surface area contributed by atoms with E-state index < -0.39 is 0 Å². The lowest BCUT2D eigenvalue weighted by atomic mass is 10.1. The molecule has 0 atom stereocenters. The van der Waals surface area contributed by atoms with Gasteiger partial charge in [0.2, 0.25) is 0 Å². The Labute approximate surface area is 151 Å². The molecule has 2 N–H and O–H groups in total. The van der Waals surface area contributed by atoms with E-state index in [9.17, 15) is 9.90 Å². The van der Waals surface area contributed by atoms with E-state index in [1.54, 1.807) is 36.5 Å². The molecule has 5 heteroatoms. The number of carbonyl (C=O) groups excluding carboxylic acids is 1. The minimum absolute atomic E-state index is 0.177. The second-order valence-corrected chi connectivity index (χ2v) is 6.36. The Morgan fingerprint density at radius 1 is 1.15 bits per heavy atom. The van der Waals surface area contributed by atoms with Crippen LogP contribution in [0.5, 0.6) is 5.75 Å². The Kier molecular flexibility index (Phi) is 4.05. The first-order chi connectivity index (χ1) is 12.6. The van der Waals surface area contributed by atoms with E-state index in [0.717, 1.165) is 24.2 Å². The van der Waals surface area contributed by atoms with Crippen LogP contribution in [0, 0.1) is 6.92 Å². The van der Waals surface area contributed by atoms with Crippen molar-refractivity contribution in [3.63, 3.8) is 0 Å². The summed E-state index contributed by atoms with van der Waals surface area (Å²) in [6.07, 6.45) is 2.64. The van der Waals surface area contributed by atoms with Crippen molar-refractivity contribution in [1.82, 2.24) is 4.98 Å². The fraction of sp³-hybridized carbons (Fsp3) is 0.143. The Morgan fingerprint density at radius 3 is 2.85 bits per heavy atom. The summed E-state index contributed by atoms with van der Waals surface area (Å²) in [5.74, 6) is 0.619. The maximum absolute atomic E-state index is 12.9. The van der Waals surface area contributed by atoms with E-state index in [1.165, 1.54) is 5.56 Å². The molecule has 1 aliphatic rings. The van der Waals surface area contributed by atoms with Crippen LogP contribution >= 0.6 is 0 Å². The molecular weight excluding hydrogens is 326 g/mol. The van der Waals surface area contributed by atoms with Crippen molar-refractivity contribution >= 4 is 23.1 Å². The number of phenolic OH excluding ortho intramolecular Hbond substituents is 1. The number of aromatic nitrogens is 1. The van der Waals surface area contributed by atoms with E-state index in [4.69, 9.17) is 0 Å². The molecule has 0 spiro atoms. The Balaban J connectivity index is 1.67. The maximum Gasteiger partial charge on any atom is 0.259 e. The standard InChI is InChI=1S/C21H19N3O2/c1-14-13-16(25)8-9-18(14)23-21(26)17-6-4-11-22-20(17)24-12-10-15-5-2-3-7-19(15)24/h2-9,11,13,25H,10,12H2,1H3,(H,23,26). The number of pyridine rings is 1. The Bertz CT molecular complexity index is 984. The normalized spacial score (nSPS) is 12.7. The number of carbonyl (C=O) groups is 1. The molecular formula is C21H19N3O2. The van der Waals surface area contributed by atoms with E-state index in [0.29, 0.717) is 17.1 Å². The summed E-state index contributed by atoms with van der Waals surface area (Å²) in [5.41, 5.74) is 4.36. The number of fused-ring (bicyclic) bond motifs is 1. The zero-order valence-corrected chi connectivity index (χ0v) is 14.4. The molecule has 1 aliphatic heterocycles. The van der Waals surface area contributed by atoms with E-state index >= 15 is 0 Å². The zero-order chi connectivity index (χ0) is 18.1. The van der Waals surface area contributed by atoms with Gasteiger partial charge in [-0.2, -0.15) is 0 Å². The van der Waals surface area contributed by atoms with Crippen LogP contribution in [0.1, 0.15) is 21.5 Å². The van der Waals surface area contributed by atoms with Crippen molar-refractivity contribution in [2.75, 3.05) is 16.8 Å². The van der Waals surface area contributed by atoms with Gasteiger partial charge < -0.3 is 15.3 Å². The number of aromatic hydroxyl groups is 1. The molecule has 2 aromatic carbocycles. The molecule has 1 aromatic heterocycles. The number of amides is 1. The number of nitrogens with one attached hydrogen (secondary N) is 1. The summed E-state index contributed by atoms with van der Waals surface area (Å²) >= 11 is 0. The SMILES string of the molecule is Cc1cc(O)ccc1NC(=O)c1cccnc1N1CCc2ccccc21. The van der Waals surface area contributed by atoms with Crippen LogP contribution in [0.25, 0.3) is 0 Å². The molecule has 0 unspecified atom stereocenters. The first-order valence-electron chi connectivity index (χ1n) is 8.55. The van der Waals surface area contributed by atoms with Gasteiger partial charge in [-0.05, 0) is 60.9 Å². The Hall–Kier alpha value is -3.34. The second-order valence-electron chi connectivity index (χ2n) is 6.36. The number of anilines is 3. The van der Waals surface area contributed by atoms with Crippen LogP contribution < -0.4 is 10.2 Å². The number of hydrogen-bond acceptors (Lipinski definition) is 4. The van der Waals surface area contributed by atoms with Crippen LogP contribution in [0.4, 0.5) is 17.2 Å². The smallest absolute Gasteiger partial charge is 0.259 e. The van der Waals surface area contributed by atoms with Gasteiger partial charge in [0.15, 0.2) is 0 Å². The molecule has 0 aliphatic carbocycles. The van der Waals surface area contributed by atoms with Crippen LogP contribution in [-0.4, -0.2) is 22.5 Å². The summed E-state index contributed by atoms with van der Waals surface area (Å²) in [4.78, 5) is 19.5. The summed E-state index contributed by atoms with van der Waals surface area (Å²) < 4.78 is 0. The highest BCUT2D eigenvalue weighted by molar-refractivity contribution is 6.08. The molecule has 0 bridgehead atoms. The van der Waals surface area contributed by atoms with E-state index in [-0.39, 0.29) is 11.7 Å². The monoisotopic (exact) mass is 345 g/mol. The van der Waals surface area contributed by atoms with Gasteiger partial charge in [-0.25, -0.2) is 4.98 Å². The van der Waals surface area contributed by atoms with E-state index in [2.05, 4.69) is 27.3 Å². The van der Waals surface area contributed by atoms with Crippen LogP contribution in [0.15, 0.2) is 60.8 Å². The molecule has 0 saturated heterocycles. The second kappa shape index (κ2) is 6.52. The summed E-state index contributed by atoms with van der Waals surface area (Å²) in [6, 6.07) is 16.6. The topological polar surface area (TPSA) is 65.5 Å². The maximum atomic E-state index is 12.9. The van der Waals surface area contributed by atoms with E-state index in [1.807, 2.05) is 19.1 Å². The minimum Gasteiger partial charge on any atom is -0.508 e. The van der Waals surface area contributed by atoms with Gasteiger partial charge in [0.25, 0.3) is 5.91 Å². The predicted molar refractivity (Wildman–Crippen MR) is 102 cm³/mol. The summed E-state index contributed by atoms with van der Waals surface area (Å²) in [7, 11) is 0. The number of phenols is 1. The van der Waals surface area contributed by atoms with Crippen molar-refractivity contribution in [2.24, 2.45) is 0 Å². The predicted octanol–water partition coefficient (Wildman–Crippen LogP) is 4.04. The van der Waals surface area contributed by atoms with Gasteiger partial charge in [0.1, 0.15) is 11.6 Å². The van der Waals surface area contributed by atoms with Crippen LogP contribution in [0.2, 0.25) is 0 Å². The molecule has 26 heavy (non-hydrogen) atoms.